The zero-order valence-corrected chi connectivity index (χ0v) is 18.2. The molecule has 1 rings (SSSR count). The molecule has 1 N–H and O–H groups in total. The smallest absolute Gasteiger partial charge is 0.328 e. The first-order chi connectivity index (χ1) is 14.0. The van der Waals surface area contributed by atoms with E-state index in [-0.39, 0.29) is 0 Å². The number of benzene rings is 1. The molecule has 0 saturated carbocycles. The minimum absolute atomic E-state index is 0.714. The van der Waals surface area contributed by atoms with E-state index in [2.05, 4.69) is 55.5 Å². The fraction of sp³-hybridized carbons (Fsp3) is 0.370. The average Bonchev–Trinajstić information content (AvgIpc) is 2.68. The molecular formula is C27H36O2. The maximum atomic E-state index is 10.6. The van der Waals surface area contributed by atoms with Crippen LogP contribution >= 0.6 is 0 Å². The molecule has 0 radical (unpaired) electrons. The summed E-state index contributed by atoms with van der Waals surface area (Å²) < 4.78 is 0. The summed E-state index contributed by atoms with van der Waals surface area (Å²) in [5, 5.41) is 8.72. The molecule has 0 aliphatic rings. The zero-order chi connectivity index (χ0) is 21.3. The van der Waals surface area contributed by atoms with E-state index in [0.717, 1.165) is 12.0 Å². The van der Waals surface area contributed by atoms with Gasteiger partial charge in [0.05, 0.1) is 0 Å². The number of aliphatic carboxylic acids is 1. The summed E-state index contributed by atoms with van der Waals surface area (Å²) >= 11 is 0. The lowest BCUT2D eigenvalue weighted by molar-refractivity contribution is -0.131. The normalized spacial score (nSPS) is 13.2. The minimum atomic E-state index is -0.922. The molecule has 0 spiro atoms. The van der Waals surface area contributed by atoms with Gasteiger partial charge in [-0.2, -0.15) is 0 Å². The van der Waals surface area contributed by atoms with Crippen LogP contribution < -0.4 is 0 Å². The van der Waals surface area contributed by atoms with Gasteiger partial charge in [-0.25, -0.2) is 4.79 Å². The highest BCUT2D eigenvalue weighted by Gasteiger charge is 1.95. The monoisotopic (exact) mass is 392 g/mol. The van der Waals surface area contributed by atoms with E-state index >= 15 is 0 Å². The number of unbranched alkanes of at least 4 members (excludes halogenated alkanes) is 6. The van der Waals surface area contributed by atoms with Crippen LogP contribution in [-0.4, -0.2) is 11.1 Å². The van der Waals surface area contributed by atoms with Crippen LogP contribution in [0.5, 0.6) is 0 Å². The Labute approximate surface area is 177 Å². The van der Waals surface area contributed by atoms with E-state index in [0.29, 0.717) is 5.57 Å². The van der Waals surface area contributed by atoms with Gasteiger partial charge < -0.3 is 5.11 Å². The van der Waals surface area contributed by atoms with Crippen molar-refractivity contribution in [2.75, 3.05) is 0 Å². The molecule has 0 bridgehead atoms. The molecule has 0 aliphatic heterocycles. The first kappa shape index (κ1) is 24.4. The van der Waals surface area contributed by atoms with Crippen molar-refractivity contribution in [1.29, 1.82) is 0 Å². The number of carbonyl (C=O) groups is 1. The number of carboxylic acids is 1. The lowest BCUT2D eigenvalue weighted by atomic mass is 10.0. The summed E-state index contributed by atoms with van der Waals surface area (Å²) in [5.41, 5.74) is 4.25. The number of hydrogen-bond acceptors (Lipinski definition) is 1. The highest BCUT2D eigenvalue weighted by molar-refractivity contribution is 5.81. The van der Waals surface area contributed by atoms with Crippen molar-refractivity contribution in [3.05, 3.63) is 83.0 Å². The Bertz CT molecular complexity index is 760. The zero-order valence-electron chi connectivity index (χ0n) is 18.2. The van der Waals surface area contributed by atoms with Gasteiger partial charge in [-0.3, -0.25) is 0 Å². The molecule has 0 aromatic heterocycles. The van der Waals surface area contributed by atoms with Crippen molar-refractivity contribution in [2.45, 2.75) is 65.7 Å². The van der Waals surface area contributed by atoms with Crippen LogP contribution in [0.4, 0.5) is 0 Å². The molecule has 0 atom stereocenters. The van der Waals surface area contributed by atoms with E-state index in [1.165, 1.54) is 55.7 Å². The highest BCUT2D eigenvalue weighted by atomic mass is 16.4. The fourth-order valence-corrected chi connectivity index (χ4v) is 2.94. The molecule has 0 fully saturated rings. The lowest BCUT2D eigenvalue weighted by Crippen LogP contribution is -1.87. The van der Waals surface area contributed by atoms with Crippen molar-refractivity contribution < 1.29 is 9.90 Å². The Morgan fingerprint density at radius 1 is 0.897 bits per heavy atom. The summed E-state index contributed by atoms with van der Waals surface area (Å²) in [6, 6.07) is 8.41. The summed E-state index contributed by atoms with van der Waals surface area (Å²) in [6.07, 6.45) is 24.7. The van der Waals surface area contributed by atoms with Crippen molar-refractivity contribution in [3.63, 3.8) is 0 Å². The molecule has 2 heteroatoms. The van der Waals surface area contributed by atoms with Crippen LogP contribution in [0.2, 0.25) is 0 Å². The van der Waals surface area contributed by atoms with Crippen molar-refractivity contribution in [2.24, 2.45) is 0 Å². The van der Waals surface area contributed by atoms with Gasteiger partial charge in [-0.15, -0.1) is 0 Å². The van der Waals surface area contributed by atoms with Crippen molar-refractivity contribution in [3.8, 4) is 0 Å². The summed E-state index contributed by atoms with van der Waals surface area (Å²) in [6.45, 7) is 6.06. The summed E-state index contributed by atoms with van der Waals surface area (Å²) in [4.78, 5) is 10.6. The Hall–Kier alpha value is -2.61. The largest absolute Gasteiger partial charge is 0.478 e. The third-order valence-electron chi connectivity index (χ3n) is 4.61. The molecule has 0 unspecified atom stereocenters. The number of allylic oxidation sites excluding steroid dienone is 7. The van der Waals surface area contributed by atoms with Gasteiger partial charge >= 0.3 is 5.97 Å². The molecule has 1 aromatic rings. The molecule has 1 aromatic carbocycles. The first-order valence-electron chi connectivity index (χ1n) is 10.7. The second kappa shape index (κ2) is 15.3. The van der Waals surface area contributed by atoms with Gasteiger partial charge in [-0.05, 0) is 43.4 Å². The molecule has 0 amide bonds. The van der Waals surface area contributed by atoms with Crippen LogP contribution in [0.1, 0.15) is 76.8 Å². The second-order valence-electron chi connectivity index (χ2n) is 7.42. The quantitative estimate of drug-likeness (QED) is 0.210. The Morgan fingerprint density at radius 2 is 1.55 bits per heavy atom. The second-order valence-corrected chi connectivity index (χ2v) is 7.42. The van der Waals surface area contributed by atoms with Crippen LogP contribution in [-0.2, 0) is 4.79 Å². The maximum Gasteiger partial charge on any atom is 0.328 e. The van der Waals surface area contributed by atoms with E-state index in [1.54, 1.807) is 13.0 Å². The van der Waals surface area contributed by atoms with Crippen LogP contribution in [0.25, 0.3) is 12.2 Å². The van der Waals surface area contributed by atoms with E-state index in [4.69, 9.17) is 5.11 Å². The first-order valence-corrected chi connectivity index (χ1v) is 10.7. The SMILES string of the molecule is CCCCCCCC/C=C\c1ccccc1/C=C/C(C)=C/C=C/C(C)=C/C(=O)O. The molecule has 0 aliphatic carbocycles. The van der Waals surface area contributed by atoms with Gasteiger partial charge in [0.15, 0.2) is 0 Å². The molecular weight excluding hydrogens is 356 g/mol. The van der Waals surface area contributed by atoms with Gasteiger partial charge in [0, 0.05) is 6.08 Å². The van der Waals surface area contributed by atoms with Crippen molar-refractivity contribution in [1.82, 2.24) is 0 Å². The Morgan fingerprint density at radius 3 is 2.24 bits per heavy atom. The summed E-state index contributed by atoms with van der Waals surface area (Å²) in [7, 11) is 0. The molecule has 2 nitrogen and oxygen atoms in total. The third kappa shape index (κ3) is 12.5. The summed E-state index contributed by atoms with van der Waals surface area (Å²) in [5.74, 6) is -0.922. The van der Waals surface area contributed by atoms with Gasteiger partial charge in [0.1, 0.15) is 0 Å². The highest BCUT2D eigenvalue weighted by Crippen LogP contribution is 2.15. The fourth-order valence-electron chi connectivity index (χ4n) is 2.94. The Kier molecular flexibility index (Phi) is 12.9. The Balaban J connectivity index is 2.60. The maximum absolute atomic E-state index is 10.6. The standard InChI is InChI=1S/C27H36O2/c1-4-5-6-7-8-9-10-11-17-25-18-12-13-19-26(25)21-20-23(2)15-14-16-24(3)22-27(28)29/h11-22H,4-10H2,1-3H3,(H,28,29)/b16-14+,17-11-,21-20+,23-15+,24-22+. The lowest BCUT2D eigenvalue weighted by Gasteiger charge is -2.01. The molecule has 0 heterocycles. The molecule has 29 heavy (non-hydrogen) atoms. The molecule has 156 valence electrons. The van der Waals surface area contributed by atoms with E-state index < -0.39 is 5.97 Å². The van der Waals surface area contributed by atoms with Gasteiger partial charge in [0.2, 0.25) is 0 Å². The van der Waals surface area contributed by atoms with Gasteiger partial charge in [0.25, 0.3) is 0 Å². The number of rotatable bonds is 13. The predicted octanol–water partition coefficient (Wildman–Crippen LogP) is 8.00. The minimum Gasteiger partial charge on any atom is -0.478 e. The van der Waals surface area contributed by atoms with Crippen LogP contribution in [0.15, 0.2) is 71.9 Å². The number of carboxylic acid groups (broad SMARTS) is 1. The predicted molar refractivity (Wildman–Crippen MR) is 127 cm³/mol. The average molecular weight is 393 g/mol. The van der Waals surface area contributed by atoms with E-state index in [9.17, 15) is 4.79 Å². The topological polar surface area (TPSA) is 37.3 Å². The third-order valence-corrected chi connectivity index (χ3v) is 4.61. The number of hydrogen-bond donors (Lipinski definition) is 1. The molecule has 0 saturated heterocycles. The van der Waals surface area contributed by atoms with Crippen LogP contribution in [0, 0.1) is 0 Å². The van der Waals surface area contributed by atoms with Crippen LogP contribution in [0.3, 0.4) is 0 Å². The van der Waals surface area contributed by atoms with Gasteiger partial charge in [-0.1, -0.05) is 111 Å². The van der Waals surface area contributed by atoms with E-state index in [1.807, 2.05) is 19.1 Å². The van der Waals surface area contributed by atoms with Crippen molar-refractivity contribution >= 4 is 18.1 Å².